The van der Waals surface area contributed by atoms with Crippen LogP contribution in [0, 0.1) is 0 Å². The predicted octanol–water partition coefficient (Wildman–Crippen LogP) is 3.36. The molecule has 0 saturated heterocycles. The molecule has 0 fully saturated rings. The van der Waals surface area contributed by atoms with Crippen LogP contribution in [-0.2, 0) is 17.6 Å². The molecule has 0 unspecified atom stereocenters. The van der Waals surface area contributed by atoms with Gasteiger partial charge in [-0.3, -0.25) is 4.79 Å². The molecule has 0 atom stereocenters. The summed E-state index contributed by atoms with van der Waals surface area (Å²) in [4.78, 5) is 11.2. The SMILES string of the molecule is CCc1ccccc1CC(=O)SBr. The molecule has 13 heavy (non-hydrogen) atoms. The van der Waals surface area contributed by atoms with E-state index >= 15 is 0 Å². The summed E-state index contributed by atoms with van der Waals surface area (Å²) in [6.07, 6.45) is 1.50. The number of halogens is 1. The smallest absolute Gasteiger partial charge is 0.204 e. The molecule has 1 nitrogen and oxygen atoms in total. The van der Waals surface area contributed by atoms with Crippen molar-refractivity contribution in [2.45, 2.75) is 19.8 Å². The molecule has 0 bridgehead atoms. The van der Waals surface area contributed by atoms with Crippen LogP contribution >= 0.6 is 25.0 Å². The molecule has 0 radical (unpaired) electrons. The molecule has 0 N–H and O–H groups in total. The fraction of sp³-hybridized carbons (Fsp3) is 0.300. The number of carbonyl (C=O) groups excluding carboxylic acids is 1. The molecule has 3 heteroatoms. The Labute approximate surface area is 90.1 Å². The molecule has 0 aliphatic heterocycles. The van der Waals surface area contributed by atoms with Gasteiger partial charge in [0.25, 0.3) is 0 Å². The largest absolute Gasteiger partial charge is 0.286 e. The lowest BCUT2D eigenvalue weighted by Gasteiger charge is -2.04. The first-order valence-corrected chi connectivity index (χ1v) is 6.82. The van der Waals surface area contributed by atoms with Crippen molar-refractivity contribution < 1.29 is 4.79 Å². The van der Waals surface area contributed by atoms with E-state index in [1.807, 2.05) is 18.2 Å². The van der Waals surface area contributed by atoms with E-state index in [4.69, 9.17) is 0 Å². The predicted molar refractivity (Wildman–Crippen MR) is 61.0 cm³/mol. The summed E-state index contributed by atoms with van der Waals surface area (Å²) < 4.78 is 0. The number of hydrogen-bond acceptors (Lipinski definition) is 2. The van der Waals surface area contributed by atoms with E-state index in [9.17, 15) is 4.79 Å². The Morgan fingerprint density at radius 2 is 2.00 bits per heavy atom. The van der Waals surface area contributed by atoms with Gasteiger partial charge in [-0.15, -0.1) is 0 Å². The highest BCUT2D eigenvalue weighted by Crippen LogP contribution is 2.17. The molecule has 0 amide bonds. The normalized spacial score (nSPS) is 10.0. The van der Waals surface area contributed by atoms with Crippen LogP contribution in [0.5, 0.6) is 0 Å². The second-order valence-electron chi connectivity index (χ2n) is 2.75. The van der Waals surface area contributed by atoms with Crippen LogP contribution in [0.3, 0.4) is 0 Å². The quantitative estimate of drug-likeness (QED) is 0.827. The maximum Gasteiger partial charge on any atom is 0.204 e. The number of benzene rings is 1. The van der Waals surface area contributed by atoms with Crippen LogP contribution in [0.2, 0.25) is 0 Å². The summed E-state index contributed by atoms with van der Waals surface area (Å²) in [7, 11) is 1.11. The third-order valence-electron chi connectivity index (χ3n) is 1.92. The fourth-order valence-corrected chi connectivity index (χ4v) is 1.81. The highest BCUT2D eigenvalue weighted by Gasteiger charge is 2.05. The van der Waals surface area contributed by atoms with E-state index in [1.54, 1.807) is 0 Å². The summed E-state index contributed by atoms with van der Waals surface area (Å²) in [5.74, 6) is 0. The van der Waals surface area contributed by atoms with Gasteiger partial charge >= 0.3 is 0 Å². The molecule has 1 aromatic rings. The van der Waals surface area contributed by atoms with Crippen LogP contribution in [0.25, 0.3) is 0 Å². The van der Waals surface area contributed by atoms with Gasteiger partial charge in [-0.25, -0.2) is 0 Å². The lowest BCUT2D eigenvalue weighted by atomic mass is 10.0. The highest BCUT2D eigenvalue weighted by molar-refractivity contribution is 9.52. The summed E-state index contributed by atoms with van der Waals surface area (Å²) in [6, 6.07) is 8.07. The van der Waals surface area contributed by atoms with Gasteiger partial charge in [-0.1, -0.05) is 31.2 Å². The maximum atomic E-state index is 11.2. The van der Waals surface area contributed by atoms with Crippen molar-refractivity contribution in [3.63, 3.8) is 0 Å². The minimum absolute atomic E-state index is 0.154. The second kappa shape index (κ2) is 5.45. The Kier molecular flexibility index (Phi) is 4.53. The minimum atomic E-state index is 0.154. The van der Waals surface area contributed by atoms with E-state index in [1.165, 1.54) is 5.56 Å². The Morgan fingerprint density at radius 3 is 2.54 bits per heavy atom. The number of aryl methyl sites for hydroxylation is 1. The molecule has 0 spiro atoms. The van der Waals surface area contributed by atoms with Gasteiger partial charge in [-0.2, -0.15) is 0 Å². The first kappa shape index (κ1) is 10.8. The zero-order valence-electron chi connectivity index (χ0n) is 7.42. The lowest BCUT2D eigenvalue weighted by Crippen LogP contribution is -1.99. The van der Waals surface area contributed by atoms with Gasteiger partial charge in [0.2, 0.25) is 5.12 Å². The van der Waals surface area contributed by atoms with Crippen molar-refractivity contribution in [3.8, 4) is 0 Å². The van der Waals surface area contributed by atoms with Crippen LogP contribution < -0.4 is 0 Å². The first-order chi connectivity index (χ1) is 6.27. The van der Waals surface area contributed by atoms with Crippen molar-refractivity contribution in [1.82, 2.24) is 0 Å². The van der Waals surface area contributed by atoms with Crippen LogP contribution in [0.15, 0.2) is 24.3 Å². The van der Waals surface area contributed by atoms with Crippen molar-refractivity contribution in [2.75, 3.05) is 0 Å². The van der Waals surface area contributed by atoms with Crippen LogP contribution in [0.1, 0.15) is 18.1 Å². The fourth-order valence-electron chi connectivity index (χ4n) is 1.26. The third-order valence-corrected chi connectivity index (χ3v) is 3.32. The topological polar surface area (TPSA) is 17.1 Å². The highest BCUT2D eigenvalue weighted by atomic mass is 79.9. The molecule has 0 heterocycles. The summed E-state index contributed by atoms with van der Waals surface area (Å²) in [6.45, 7) is 2.10. The molecule has 1 aromatic carbocycles. The van der Waals surface area contributed by atoms with E-state index < -0.39 is 0 Å². The van der Waals surface area contributed by atoms with Crippen molar-refractivity contribution in [3.05, 3.63) is 35.4 Å². The monoisotopic (exact) mass is 258 g/mol. The average molecular weight is 259 g/mol. The molecular formula is C10H11BrOS. The molecule has 1 rings (SSSR count). The molecule has 0 aliphatic carbocycles. The van der Waals surface area contributed by atoms with Gasteiger partial charge in [0.15, 0.2) is 0 Å². The maximum absolute atomic E-state index is 11.2. The zero-order chi connectivity index (χ0) is 9.68. The van der Waals surface area contributed by atoms with Gasteiger partial charge in [0.05, 0.1) is 0 Å². The van der Waals surface area contributed by atoms with Crippen LogP contribution in [-0.4, -0.2) is 5.12 Å². The first-order valence-electron chi connectivity index (χ1n) is 4.16. The third kappa shape index (κ3) is 3.16. The summed E-state index contributed by atoms with van der Waals surface area (Å²) in [5, 5.41) is 0.154. The molecule has 0 aromatic heterocycles. The lowest BCUT2D eigenvalue weighted by molar-refractivity contribution is -0.110. The Morgan fingerprint density at radius 1 is 1.38 bits per heavy atom. The van der Waals surface area contributed by atoms with Crippen molar-refractivity contribution in [2.24, 2.45) is 0 Å². The number of carbonyl (C=O) groups is 1. The van der Waals surface area contributed by atoms with Gasteiger partial charge < -0.3 is 0 Å². The van der Waals surface area contributed by atoms with Crippen molar-refractivity contribution >= 4 is 30.1 Å². The van der Waals surface area contributed by atoms with Gasteiger partial charge in [0.1, 0.15) is 0 Å². The van der Waals surface area contributed by atoms with E-state index in [0.29, 0.717) is 6.42 Å². The Bertz CT molecular complexity index is 299. The molecule has 0 saturated carbocycles. The summed E-state index contributed by atoms with van der Waals surface area (Å²) in [5.41, 5.74) is 2.40. The van der Waals surface area contributed by atoms with Crippen LogP contribution in [0.4, 0.5) is 0 Å². The zero-order valence-corrected chi connectivity index (χ0v) is 9.82. The van der Waals surface area contributed by atoms with Gasteiger partial charge in [0, 0.05) is 6.42 Å². The van der Waals surface area contributed by atoms with Crippen molar-refractivity contribution in [1.29, 1.82) is 0 Å². The summed E-state index contributed by atoms with van der Waals surface area (Å²) >= 11 is 3.09. The number of rotatable bonds is 3. The average Bonchev–Trinajstić information content (AvgIpc) is 2.18. The number of hydrogen-bond donors (Lipinski definition) is 0. The molecule has 70 valence electrons. The van der Waals surface area contributed by atoms with E-state index in [-0.39, 0.29) is 5.12 Å². The second-order valence-corrected chi connectivity index (χ2v) is 4.33. The standard InChI is InChI=1S/C10H11BrOS/c1-2-8-5-3-4-6-9(8)7-10(12)13-11/h3-6H,2,7H2,1H3. The Balaban J connectivity index is 2.81. The van der Waals surface area contributed by atoms with E-state index in [2.05, 4.69) is 27.8 Å². The van der Waals surface area contributed by atoms with Gasteiger partial charge in [-0.05, 0) is 42.6 Å². The Hall–Kier alpha value is -0.280. The molecular weight excluding hydrogens is 248 g/mol. The van der Waals surface area contributed by atoms with E-state index in [0.717, 1.165) is 22.2 Å². The minimum Gasteiger partial charge on any atom is -0.286 e. The molecule has 0 aliphatic rings.